The van der Waals surface area contributed by atoms with E-state index in [-0.39, 0.29) is 15.2 Å². The highest BCUT2D eigenvalue weighted by Gasteiger charge is 2.20. The van der Waals surface area contributed by atoms with Crippen molar-refractivity contribution in [1.29, 1.82) is 0 Å². The molecule has 0 spiro atoms. The summed E-state index contributed by atoms with van der Waals surface area (Å²) in [6, 6.07) is 4.51. The fraction of sp³-hybridized carbons (Fsp3) is 0.333. The summed E-state index contributed by atoms with van der Waals surface area (Å²) in [4.78, 5) is 25.8. The zero-order valence-electron chi connectivity index (χ0n) is 10.0. The monoisotopic (exact) mass is 376 g/mol. The number of nitrogens with zero attached hydrogens (tertiary/aromatic N) is 2. The van der Waals surface area contributed by atoms with Crippen LogP contribution in [0.5, 0.6) is 5.75 Å². The van der Waals surface area contributed by atoms with Gasteiger partial charge in [-0.15, -0.1) is 0 Å². The zero-order valence-corrected chi connectivity index (χ0v) is 12.2. The number of benzene rings is 1. The predicted molar refractivity (Wildman–Crippen MR) is 78.3 cm³/mol. The molecule has 1 saturated heterocycles. The number of piperazine rings is 1. The van der Waals surface area contributed by atoms with Crippen molar-refractivity contribution in [1.82, 2.24) is 4.90 Å². The molecule has 1 fully saturated rings. The number of carbonyl (C=O) groups is 2. The van der Waals surface area contributed by atoms with Gasteiger partial charge in [0.1, 0.15) is 11.3 Å². The van der Waals surface area contributed by atoms with Crippen LogP contribution in [0.4, 0.5) is 10.5 Å². The number of carbonyl (C=O) groups excluding carboxylic acids is 1. The molecule has 102 valence electrons. The minimum absolute atomic E-state index is 0.0290. The average Bonchev–Trinajstić information content (AvgIpc) is 2.38. The van der Waals surface area contributed by atoms with E-state index in [2.05, 4.69) is 0 Å². The van der Waals surface area contributed by atoms with E-state index in [0.29, 0.717) is 26.2 Å². The average molecular weight is 376 g/mol. The van der Waals surface area contributed by atoms with Gasteiger partial charge in [-0.05, 0) is 12.1 Å². The Bertz CT molecular complexity index is 512. The van der Waals surface area contributed by atoms with Gasteiger partial charge in [-0.2, -0.15) is 0 Å². The van der Waals surface area contributed by atoms with Crippen molar-refractivity contribution >= 4 is 38.2 Å². The maximum absolute atomic E-state index is 11.2. The number of aromatic hydroxyl groups is 1. The van der Waals surface area contributed by atoms with Crippen molar-refractivity contribution in [3.05, 3.63) is 23.8 Å². The van der Waals surface area contributed by atoms with Gasteiger partial charge in [-0.3, -0.25) is 4.79 Å². The highest BCUT2D eigenvalue weighted by Crippen LogP contribution is 2.25. The SMILES string of the molecule is O=C(O)c1ccc(N2CCN(C(=O)I)CC2)cc1O. The molecule has 1 aromatic rings. The summed E-state index contributed by atoms with van der Waals surface area (Å²) >= 11 is 1.76. The molecular weight excluding hydrogens is 363 g/mol. The van der Waals surface area contributed by atoms with Crippen LogP contribution in [0.25, 0.3) is 0 Å². The molecule has 0 unspecified atom stereocenters. The Balaban J connectivity index is 2.10. The van der Waals surface area contributed by atoms with Gasteiger partial charge in [0, 0.05) is 60.5 Å². The second-order valence-electron chi connectivity index (χ2n) is 4.23. The van der Waals surface area contributed by atoms with Gasteiger partial charge < -0.3 is 20.0 Å². The summed E-state index contributed by atoms with van der Waals surface area (Å²) in [5.74, 6) is -1.39. The first-order chi connectivity index (χ1) is 8.99. The lowest BCUT2D eigenvalue weighted by Crippen LogP contribution is -2.47. The second-order valence-corrected chi connectivity index (χ2v) is 5.16. The molecule has 0 aromatic heterocycles. The Morgan fingerprint density at radius 3 is 2.26 bits per heavy atom. The van der Waals surface area contributed by atoms with Crippen molar-refractivity contribution in [2.24, 2.45) is 0 Å². The molecule has 1 aliphatic heterocycles. The molecule has 0 aliphatic carbocycles. The van der Waals surface area contributed by atoms with Gasteiger partial charge in [-0.1, -0.05) is 0 Å². The largest absolute Gasteiger partial charge is 0.507 e. The van der Waals surface area contributed by atoms with E-state index < -0.39 is 5.97 Å². The Labute approximate surface area is 123 Å². The number of hydrogen-bond donors (Lipinski definition) is 2. The van der Waals surface area contributed by atoms with Crippen LogP contribution in [0.1, 0.15) is 10.4 Å². The number of aromatic carboxylic acids is 1. The number of phenols is 1. The van der Waals surface area contributed by atoms with Crippen LogP contribution in [0, 0.1) is 0 Å². The van der Waals surface area contributed by atoms with E-state index in [0.717, 1.165) is 5.69 Å². The molecule has 2 N–H and O–H groups in total. The molecular formula is C12H13IN2O4. The van der Waals surface area contributed by atoms with Crippen LogP contribution in [-0.4, -0.2) is 51.2 Å². The predicted octanol–water partition coefficient (Wildman–Crippen LogP) is 1.77. The van der Waals surface area contributed by atoms with Crippen LogP contribution in [0.3, 0.4) is 0 Å². The van der Waals surface area contributed by atoms with E-state index in [1.165, 1.54) is 12.1 Å². The molecule has 0 atom stereocenters. The second kappa shape index (κ2) is 5.64. The van der Waals surface area contributed by atoms with Crippen LogP contribution in [-0.2, 0) is 0 Å². The quantitative estimate of drug-likeness (QED) is 0.467. The fourth-order valence-corrected chi connectivity index (χ4v) is 2.52. The van der Waals surface area contributed by atoms with Gasteiger partial charge in [0.25, 0.3) is 3.91 Å². The molecule has 0 saturated carbocycles. The van der Waals surface area contributed by atoms with E-state index in [9.17, 15) is 14.7 Å². The smallest absolute Gasteiger partial charge is 0.339 e. The van der Waals surface area contributed by atoms with Crippen molar-refractivity contribution in [2.75, 3.05) is 31.1 Å². The maximum Gasteiger partial charge on any atom is 0.339 e. The first-order valence-corrected chi connectivity index (χ1v) is 6.82. The van der Waals surface area contributed by atoms with Gasteiger partial charge >= 0.3 is 5.97 Å². The fourth-order valence-electron chi connectivity index (χ4n) is 2.04. The van der Waals surface area contributed by atoms with E-state index >= 15 is 0 Å². The van der Waals surface area contributed by atoms with Crippen molar-refractivity contribution in [3.63, 3.8) is 0 Å². The standard InChI is InChI=1S/C12H13IN2O4/c13-12(19)15-5-3-14(4-6-15)8-1-2-9(11(17)18)10(16)7-8/h1-2,7,16H,3-6H2,(H,17,18). The summed E-state index contributed by atoms with van der Waals surface area (Å²) in [6.45, 7) is 2.59. The molecule has 1 aliphatic rings. The first kappa shape index (κ1) is 13.9. The minimum Gasteiger partial charge on any atom is -0.507 e. The normalized spacial score (nSPS) is 15.4. The molecule has 6 nitrogen and oxygen atoms in total. The number of halogens is 1. The topological polar surface area (TPSA) is 81.1 Å². The number of anilines is 1. The van der Waals surface area contributed by atoms with Gasteiger partial charge in [-0.25, -0.2) is 4.79 Å². The Morgan fingerprint density at radius 2 is 1.79 bits per heavy atom. The highest BCUT2D eigenvalue weighted by molar-refractivity contribution is 14.1. The Morgan fingerprint density at radius 1 is 1.16 bits per heavy atom. The minimum atomic E-state index is -1.15. The maximum atomic E-state index is 11.2. The zero-order chi connectivity index (χ0) is 14.0. The third-order valence-electron chi connectivity index (χ3n) is 3.11. The number of amides is 1. The molecule has 7 heteroatoms. The lowest BCUT2D eigenvalue weighted by atomic mass is 10.1. The Hall–Kier alpha value is -1.51. The third-order valence-corrected chi connectivity index (χ3v) is 3.79. The van der Waals surface area contributed by atoms with E-state index in [1.807, 2.05) is 4.90 Å². The molecule has 2 rings (SSSR count). The summed E-state index contributed by atoms with van der Waals surface area (Å²) in [5.41, 5.74) is 0.660. The summed E-state index contributed by atoms with van der Waals surface area (Å²) in [7, 11) is 0. The highest BCUT2D eigenvalue weighted by atomic mass is 127. The first-order valence-electron chi connectivity index (χ1n) is 5.74. The number of carboxylic acids is 1. The molecule has 19 heavy (non-hydrogen) atoms. The molecule has 1 heterocycles. The van der Waals surface area contributed by atoms with Gasteiger partial charge in [0.05, 0.1) is 0 Å². The molecule has 1 amide bonds. The van der Waals surface area contributed by atoms with Gasteiger partial charge in [0.2, 0.25) is 0 Å². The third kappa shape index (κ3) is 3.09. The molecule has 0 radical (unpaired) electrons. The number of hydrogen-bond acceptors (Lipinski definition) is 4. The lowest BCUT2D eigenvalue weighted by Gasteiger charge is -2.35. The molecule has 0 bridgehead atoms. The summed E-state index contributed by atoms with van der Waals surface area (Å²) < 4.78 is 0.0290. The number of carboxylic acid groups (broad SMARTS) is 1. The van der Waals surface area contributed by atoms with E-state index in [1.54, 1.807) is 33.6 Å². The van der Waals surface area contributed by atoms with Crippen molar-refractivity contribution in [2.45, 2.75) is 0 Å². The summed E-state index contributed by atoms with van der Waals surface area (Å²) in [5, 5.41) is 18.5. The van der Waals surface area contributed by atoms with Crippen LogP contribution in [0.15, 0.2) is 18.2 Å². The van der Waals surface area contributed by atoms with Crippen LogP contribution in [0.2, 0.25) is 0 Å². The van der Waals surface area contributed by atoms with Crippen molar-refractivity contribution < 1.29 is 19.8 Å². The van der Waals surface area contributed by atoms with Crippen molar-refractivity contribution in [3.8, 4) is 5.75 Å². The molecule has 1 aromatic carbocycles. The van der Waals surface area contributed by atoms with Crippen LogP contribution < -0.4 is 4.90 Å². The van der Waals surface area contributed by atoms with Crippen LogP contribution >= 0.6 is 22.6 Å². The summed E-state index contributed by atoms with van der Waals surface area (Å²) in [6.07, 6.45) is 0. The lowest BCUT2D eigenvalue weighted by molar-refractivity contribution is 0.0693. The number of rotatable bonds is 2. The van der Waals surface area contributed by atoms with E-state index in [4.69, 9.17) is 5.11 Å². The van der Waals surface area contributed by atoms with Gasteiger partial charge in [0.15, 0.2) is 0 Å². The Kier molecular flexibility index (Phi) is 4.13.